The van der Waals surface area contributed by atoms with Crippen LogP contribution in [-0.2, 0) is 0 Å². The van der Waals surface area contributed by atoms with Crippen LogP contribution in [0.2, 0.25) is 5.02 Å². The van der Waals surface area contributed by atoms with Gasteiger partial charge >= 0.3 is 5.97 Å². The summed E-state index contributed by atoms with van der Waals surface area (Å²) in [6.07, 6.45) is 0. The third kappa shape index (κ3) is 5.10. The molecule has 1 aromatic heterocycles. The van der Waals surface area contributed by atoms with Gasteiger partial charge in [-0.25, -0.2) is 9.54 Å². The van der Waals surface area contributed by atoms with E-state index in [1.165, 1.54) is 6.07 Å². The van der Waals surface area contributed by atoms with E-state index in [0.717, 1.165) is 5.76 Å². The number of carboxylic acids is 1. The number of benzene rings is 2. The summed E-state index contributed by atoms with van der Waals surface area (Å²) in [5, 5.41) is 9.46. The summed E-state index contributed by atoms with van der Waals surface area (Å²) in [6, 6.07) is 17.4. The van der Waals surface area contributed by atoms with Crippen LogP contribution < -0.4 is 10.0 Å². The molecule has 160 valence electrons. The Morgan fingerprint density at radius 1 is 1.10 bits per heavy atom. The van der Waals surface area contributed by atoms with E-state index in [-0.39, 0.29) is 18.0 Å². The van der Waals surface area contributed by atoms with Gasteiger partial charge in [-0.3, -0.25) is 0 Å². The zero-order valence-corrected chi connectivity index (χ0v) is 19.6. The van der Waals surface area contributed by atoms with E-state index >= 15 is 0 Å². The first-order chi connectivity index (χ1) is 13.6. The maximum atomic E-state index is 11.4. The van der Waals surface area contributed by atoms with Crippen molar-refractivity contribution in [3.05, 3.63) is 77.0 Å². The van der Waals surface area contributed by atoms with Crippen LogP contribution in [0.5, 0.6) is 5.75 Å². The van der Waals surface area contributed by atoms with E-state index < -0.39 is 18.4 Å². The fourth-order valence-corrected chi connectivity index (χ4v) is 5.91. The van der Waals surface area contributed by atoms with Gasteiger partial charge in [0.1, 0.15) is 11.5 Å². The highest BCUT2D eigenvalue weighted by Crippen LogP contribution is 2.62. The largest absolute Gasteiger partial charge is 0.478 e. The topological polar surface area (TPSA) is 72.0 Å². The summed E-state index contributed by atoms with van der Waals surface area (Å²) in [7, 11) is -2.82. The van der Waals surface area contributed by atoms with Crippen LogP contribution in [0, 0.1) is 6.92 Å². The van der Waals surface area contributed by atoms with Crippen LogP contribution in [0.1, 0.15) is 36.9 Å². The minimum absolute atomic E-state index is 0. The minimum atomic E-state index is -2.82. The van der Waals surface area contributed by atoms with Crippen LogP contribution in [0.3, 0.4) is 0 Å². The molecule has 0 bridgehead atoms. The molecule has 0 aliphatic carbocycles. The molecule has 30 heavy (non-hydrogen) atoms. The van der Waals surface area contributed by atoms with Gasteiger partial charge in [0, 0.05) is 10.2 Å². The van der Waals surface area contributed by atoms with Gasteiger partial charge in [-0.2, -0.15) is 0 Å². The zero-order chi connectivity index (χ0) is 21.2. The Morgan fingerprint density at radius 3 is 2.37 bits per heavy atom. The van der Waals surface area contributed by atoms with Crippen molar-refractivity contribution in [1.82, 2.24) is 0 Å². The SMILES string of the molecule is Cc1ccc(P(=Nc2cccc(C(=O)O)c2)(Oc2cccc(Cl)c2)C(C)(C)C)o1.Cl. The average Bonchev–Trinajstić information content (AvgIpc) is 3.07. The second kappa shape index (κ2) is 9.30. The first-order valence-corrected chi connectivity index (χ1v) is 11.1. The van der Waals surface area contributed by atoms with E-state index in [9.17, 15) is 9.90 Å². The molecule has 2 aromatic carbocycles. The Hall–Kier alpha value is -2.20. The van der Waals surface area contributed by atoms with Gasteiger partial charge in [0.05, 0.1) is 11.3 Å². The molecule has 0 spiro atoms. The van der Waals surface area contributed by atoms with Crippen molar-refractivity contribution in [1.29, 1.82) is 0 Å². The fraction of sp³-hybridized carbons (Fsp3) is 0.227. The van der Waals surface area contributed by atoms with Crippen molar-refractivity contribution in [3.8, 4) is 5.75 Å². The van der Waals surface area contributed by atoms with Crippen LogP contribution in [0.25, 0.3) is 0 Å². The Balaban J connectivity index is 0.00000320. The smallest absolute Gasteiger partial charge is 0.335 e. The van der Waals surface area contributed by atoms with E-state index in [1.807, 2.05) is 52.0 Å². The normalized spacial score (nSPS) is 13.1. The molecule has 0 amide bonds. The summed E-state index contributed by atoms with van der Waals surface area (Å²) in [6.45, 7) is 7.97. The van der Waals surface area contributed by atoms with Gasteiger partial charge in [-0.1, -0.05) is 44.5 Å². The molecule has 3 rings (SSSR count). The van der Waals surface area contributed by atoms with E-state index in [1.54, 1.807) is 30.3 Å². The van der Waals surface area contributed by atoms with Crippen molar-refractivity contribution in [2.75, 3.05) is 0 Å². The minimum Gasteiger partial charge on any atom is -0.478 e. The number of hydrogen-bond acceptors (Lipinski definition) is 4. The molecular formula is C22H24Cl2NO4P. The van der Waals surface area contributed by atoms with Gasteiger partial charge in [0.15, 0.2) is 5.50 Å². The average molecular weight is 468 g/mol. The predicted molar refractivity (Wildman–Crippen MR) is 125 cm³/mol. The maximum absolute atomic E-state index is 11.4. The monoisotopic (exact) mass is 467 g/mol. The lowest BCUT2D eigenvalue weighted by molar-refractivity contribution is 0.0697. The molecule has 3 aromatic rings. The molecule has 1 unspecified atom stereocenters. The van der Waals surface area contributed by atoms with E-state index in [4.69, 9.17) is 25.3 Å². The Bertz CT molecular complexity index is 1100. The standard InChI is InChI=1S/C22H23ClNO4P.ClH/c1-15-11-12-20(27-15)29(22(2,3)4,28-19-10-6-8-17(23)14-19)24-18-9-5-7-16(13-18)21(25)26;/h5-14H,1-4H3,(H,25,26);1H. The first kappa shape index (κ1) is 24.1. The molecule has 1 atom stereocenters. The Morgan fingerprint density at radius 2 is 1.80 bits per heavy atom. The lowest BCUT2D eigenvalue weighted by atomic mass is 10.2. The number of aryl methyl sites for hydroxylation is 1. The molecule has 1 heterocycles. The molecule has 5 nitrogen and oxygen atoms in total. The number of carbonyl (C=O) groups is 1. The van der Waals surface area contributed by atoms with Crippen molar-refractivity contribution in [2.24, 2.45) is 4.74 Å². The van der Waals surface area contributed by atoms with Gasteiger partial charge in [0.2, 0.25) is 7.28 Å². The molecule has 0 saturated carbocycles. The molecule has 0 aliphatic heterocycles. The van der Waals surface area contributed by atoms with Crippen LogP contribution in [-0.4, -0.2) is 16.2 Å². The molecule has 0 fully saturated rings. The molecule has 0 radical (unpaired) electrons. The second-order valence-electron chi connectivity index (χ2n) is 7.64. The Labute approximate surface area is 187 Å². The molecule has 0 saturated heterocycles. The molecular weight excluding hydrogens is 444 g/mol. The van der Waals surface area contributed by atoms with Gasteiger partial charge in [0.25, 0.3) is 0 Å². The van der Waals surface area contributed by atoms with Crippen LogP contribution in [0.15, 0.2) is 69.8 Å². The third-order valence-electron chi connectivity index (χ3n) is 4.32. The highest BCUT2D eigenvalue weighted by Gasteiger charge is 2.41. The van der Waals surface area contributed by atoms with Crippen molar-refractivity contribution < 1.29 is 18.8 Å². The predicted octanol–water partition coefficient (Wildman–Crippen LogP) is 7.31. The third-order valence-corrected chi connectivity index (χ3v) is 8.20. The van der Waals surface area contributed by atoms with Crippen LogP contribution in [0.4, 0.5) is 5.69 Å². The first-order valence-electron chi connectivity index (χ1n) is 9.09. The number of carboxylic acid groups (broad SMARTS) is 1. The molecule has 0 aliphatic rings. The summed E-state index contributed by atoms with van der Waals surface area (Å²) < 4.78 is 17.6. The van der Waals surface area contributed by atoms with Gasteiger partial charge in [-0.15, -0.1) is 12.4 Å². The fourth-order valence-electron chi connectivity index (χ4n) is 2.86. The van der Waals surface area contributed by atoms with Gasteiger partial charge in [-0.05, 0) is 55.5 Å². The lowest BCUT2D eigenvalue weighted by Crippen LogP contribution is -2.26. The highest BCUT2D eigenvalue weighted by molar-refractivity contribution is 7.70. The molecule has 1 N–H and O–H groups in total. The van der Waals surface area contributed by atoms with Crippen molar-refractivity contribution in [2.45, 2.75) is 32.9 Å². The van der Waals surface area contributed by atoms with Crippen molar-refractivity contribution in [3.63, 3.8) is 0 Å². The number of rotatable bonds is 5. The summed E-state index contributed by atoms with van der Waals surface area (Å²) >= 11 is 6.17. The Kier molecular flexibility index (Phi) is 7.46. The van der Waals surface area contributed by atoms with E-state index in [2.05, 4.69) is 0 Å². The summed E-state index contributed by atoms with van der Waals surface area (Å²) in [5.41, 5.74) is 1.31. The summed E-state index contributed by atoms with van der Waals surface area (Å²) in [4.78, 5) is 11.4. The summed E-state index contributed by atoms with van der Waals surface area (Å²) in [5.74, 6) is 0.317. The highest BCUT2D eigenvalue weighted by atomic mass is 35.5. The quantitative estimate of drug-likeness (QED) is 0.399. The lowest BCUT2D eigenvalue weighted by Gasteiger charge is -2.35. The van der Waals surface area contributed by atoms with Crippen LogP contribution >= 0.6 is 31.3 Å². The second-order valence-corrected chi connectivity index (χ2v) is 11.4. The van der Waals surface area contributed by atoms with Crippen molar-refractivity contribution >= 4 is 48.4 Å². The number of aromatic carboxylic acids is 1. The van der Waals surface area contributed by atoms with E-state index in [0.29, 0.717) is 22.0 Å². The molecule has 8 heteroatoms. The number of nitrogens with zero attached hydrogens (tertiary/aromatic N) is 1. The number of furan rings is 1. The number of halogens is 2. The number of hydrogen-bond donors (Lipinski definition) is 1. The maximum Gasteiger partial charge on any atom is 0.335 e. The van der Waals surface area contributed by atoms with Gasteiger partial charge < -0.3 is 14.0 Å². The zero-order valence-electron chi connectivity index (χ0n) is 17.1.